The minimum atomic E-state index is 0.151. The zero-order valence-corrected chi connectivity index (χ0v) is 12.9. The van der Waals surface area contributed by atoms with Crippen molar-refractivity contribution in [1.82, 2.24) is 0 Å². The van der Waals surface area contributed by atoms with Gasteiger partial charge in [0.25, 0.3) is 0 Å². The van der Waals surface area contributed by atoms with Crippen molar-refractivity contribution in [2.24, 2.45) is 5.41 Å². The maximum atomic E-state index is 8.65. The Morgan fingerprint density at radius 1 is 1.05 bits per heavy atom. The maximum Gasteiger partial charge on any atom is 0.0621 e. The van der Waals surface area contributed by atoms with Crippen LogP contribution in [0, 0.1) is 16.7 Å². The van der Waals surface area contributed by atoms with E-state index in [4.69, 9.17) is 5.26 Å². The van der Waals surface area contributed by atoms with Gasteiger partial charge in [-0.2, -0.15) is 5.26 Å². The predicted octanol–water partition coefficient (Wildman–Crippen LogP) is 4.73. The van der Waals surface area contributed by atoms with Gasteiger partial charge >= 0.3 is 0 Å². The molecule has 0 aliphatic heterocycles. The molecule has 0 aliphatic rings. The highest BCUT2D eigenvalue weighted by molar-refractivity contribution is 5.45. The topological polar surface area (TPSA) is 35.8 Å². The van der Waals surface area contributed by atoms with Gasteiger partial charge in [-0.05, 0) is 34.9 Å². The second kappa shape index (κ2) is 6.10. The second-order valence-corrected chi connectivity index (χ2v) is 7.00. The summed E-state index contributed by atoms with van der Waals surface area (Å²) in [5, 5.41) is 12.1. The highest BCUT2D eigenvalue weighted by Gasteiger charge is 2.17. The Balaban J connectivity index is 2.57. The Kier molecular flexibility index (Phi) is 5.00. The molecule has 1 N–H and O–H groups in total. The van der Waals surface area contributed by atoms with Crippen molar-refractivity contribution in [3.8, 4) is 6.07 Å². The van der Waals surface area contributed by atoms with Crippen molar-refractivity contribution in [2.75, 3.05) is 11.9 Å². The molecule has 2 heteroatoms. The highest BCUT2D eigenvalue weighted by atomic mass is 14.9. The fourth-order valence-corrected chi connectivity index (χ4v) is 1.91. The van der Waals surface area contributed by atoms with Crippen LogP contribution < -0.4 is 5.32 Å². The first-order valence-corrected chi connectivity index (χ1v) is 6.96. The number of benzene rings is 1. The smallest absolute Gasteiger partial charge is 0.0621 e. The molecule has 0 fully saturated rings. The predicted molar refractivity (Wildman–Crippen MR) is 82.3 cm³/mol. The summed E-state index contributed by atoms with van der Waals surface area (Å²) in [7, 11) is 0. The third kappa shape index (κ3) is 5.34. The van der Waals surface area contributed by atoms with Crippen LogP contribution in [0.2, 0.25) is 0 Å². The van der Waals surface area contributed by atoms with Crippen LogP contribution in [0.5, 0.6) is 0 Å². The number of nitrogens with one attached hydrogen (secondary N) is 1. The van der Waals surface area contributed by atoms with E-state index in [1.54, 1.807) is 0 Å². The first-order chi connectivity index (χ1) is 8.74. The van der Waals surface area contributed by atoms with Gasteiger partial charge in [-0.3, -0.25) is 0 Å². The van der Waals surface area contributed by atoms with Crippen molar-refractivity contribution in [2.45, 2.75) is 52.9 Å². The van der Waals surface area contributed by atoms with Crippen LogP contribution in [0.3, 0.4) is 0 Å². The maximum absolute atomic E-state index is 8.65. The first kappa shape index (κ1) is 15.6. The number of anilines is 1. The zero-order valence-electron chi connectivity index (χ0n) is 12.9. The van der Waals surface area contributed by atoms with Gasteiger partial charge in [0, 0.05) is 18.7 Å². The Morgan fingerprint density at radius 2 is 1.63 bits per heavy atom. The fraction of sp³-hybridized carbons (Fsp3) is 0.588. The van der Waals surface area contributed by atoms with E-state index in [9.17, 15) is 0 Å². The molecule has 0 aromatic heterocycles. The van der Waals surface area contributed by atoms with Gasteiger partial charge in [-0.15, -0.1) is 0 Å². The molecule has 0 radical (unpaired) electrons. The fourth-order valence-electron chi connectivity index (χ4n) is 1.91. The normalized spacial score (nSPS) is 12.0. The number of nitrogens with zero attached hydrogens (tertiary/aromatic N) is 1. The third-order valence-corrected chi connectivity index (χ3v) is 3.44. The average molecular weight is 258 g/mol. The van der Waals surface area contributed by atoms with E-state index < -0.39 is 0 Å². The van der Waals surface area contributed by atoms with Crippen molar-refractivity contribution in [3.63, 3.8) is 0 Å². The summed E-state index contributed by atoms with van der Waals surface area (Å²) in [5.41, 5.74) is 2.85. The summed E-state index contributed by atoms with van der Waals surface area (Å²) in [6, 6.07) is 10.9. The molecule has 1 aromatic rings. The minimum absolute atomic E-state index is 0.151. The van der Waals surface area contributed by atoms with Gasteiger partial charge in [0.2, 0.25) is 0 Å². The lowest BCUT2D eigenvalue weighted by molar-refractivity contribution is 0.364. The molecule has 0 saturated heterocycles. The lowest BCUT2D eigenvalue weighted by Gasteiger charge is -2.25. The molecule has 2 nitrogen and oxygen atoms in total. The molecule has 0 unspecified atom stereocenters. The van der Waals surface area contributed by atoms with Crippen LogP contribution in [0.4, 0.5) is 5.69 Å². The quantitative estimate of drug-likeness (QED) is 0.829. The summed E-state index contributed by atoms with van der Waals surface area (Å²) in [5.74, 6) is 0. The molecule has 0 amide bonds. The van der Waals surface area contributed by atoms with Gasteiger partial charge in [-0.25, -0.2) is 0 Å². The van der Waals surface area contributed by atoms with E-state index in [0.717, 1.165) is 18.7 Å². The average Bonchev–Trinajstić information content (AvgIpc) is 2.34. The molecule has 1 rings (SSSR count). The molecule has 19 heavy (non-hydrogen) atoms. The van der Waals surface area contributed by atoms with Crippen molar-refractivity contribution >= 4 is 5.69 Å². The van der Waals surface area contributed by atoms with E-state index >= 15 is 0 Å². The van der Waals surface area contributed by atoms with Gasteiger partial charge < -0.3 is 5.32 Å². The molecule has 104 valence electrons. The Labute approximate surface area is 117 Å². The second-order valence-electron chi connectivity index (χ2n) is 7.00. The highest BCUT2D eigenvalue weighted by Crippen LogP contribution is 2.25. The summed E-state index contributed by atoms with van der Waals surface area (Å²) in [6.07, 6.45) is 1.55. The SMILES string of the molecule is CC(C)(CCC#N)CNc1ccc(C(C)(C)C)cc1. The van der Waals surface area contributed by atoms with Crippen LogP contribution >= 0.6 is 0 Å². The van der Waals surface area contributed by atoms with Crippen molar-refractivity contribution in [1.29, 1.82) is 5.26 Å². The molecule has 0 atom stereocenters. The standard InChI is InChI=1S/C17H26N2/c1-16(2,3)14-7-9-15(10-8-14)19-13-17(4,5)11-6-12-18/h7-10,19H,6,11,13H2,1-5H3. The first-order valence-electron chi connectivity index (χ1n) is 6.96. The number of hydrogen-bond acceptors (Lipinski definition) is 2. The molecule has 0 spiro atoms. The molecular weight excluding hydrogens is 232 g/mol. The third-order valence-electron chi connectivity index (χ3n) is 3.44. The monoisotopic (exact) mass is 258 g/mol. The summed E-state index contributed by atoms with van der Waals surface area (Å²) >= 11 is 0. The van der Waals surface area contributed by atoms with Crippen LogP contribution in [0.25, 0.3) is 0 Å². The van der Waals surface area contributed by atoms with E-state index in [-0.39, 0.29) is 10.8 Å². The largest absolute Gasteiger partial charge is 0.385 e. The molecule has 0 bridgehead atoms. The summed E-state index contributed by atoms with van der Waals surface area (Å²) in [4.78, 5) is 0. The van der Waals surface area contributed by atoms with Crippen LogP contribution in [-0.2, 0) is 5.41 Å². The van der Waals surface area contributed by atoms with Gasteiger partial charge in [0.05, 0.1) is 6.07 Å². The molecule has 1 aromatic carbocycles. The van der Waals surface area contributed by atoms with E-state index in [1.165, 1.54) is 5.56 Å². The van der Waals surface area contributed by atoms with Crippen molar-refractivity contribution < 1.29 is 0 Å². The van der Waals surface area contributed by atoms with Gasteiger partial charge in [-0.1, -0.05) is 46.8 Å². The van der Waals surface area contributed by atoms with E-state index in [1.807, 2.05) is 0 Å². The molecule has 0 saturated carbocycles. The van der Waals surface area contributed by atoms with Crippen LogP contribution in [0.15, 0.2) is 24.3 Å². The van der Waals surface area contributed by atoms with Gasteiger partial charge in [0.1, 0.15) is 0 Å². The van der Waals surface area contributed by atoms with Crippen LogP contribution in [-0.4, -0.2) is 6.54 Å². The number of nitriles is 1. The minimum Gasteiger partial charge on any atom is -0.385 e. The van der Waals surface area contributed by atoms with Crippen molar-refractivity contribution in [3.05, 3.63) is 29.8 Å². The molecule has 0 heterocycles. The van der Waals surface area contributed by atoms with E-state index in [2.05, 4.69) is 70.3 Å². The number of hydrogen-bond donors (Lipinski definition) is 1. The lowest BCUT2D eigenvalue weighted by Crippen LogP contribution is -2.23. The Bertz CT molecular complexity index is 430. The molecule has 0 aliphatic carbocycles. The summed E-state index contributed by atoms with van der Waals surface area (Å²) in [6.45, 7) is 12.0. The Hall–Kier alpha value is -1.49. The zero-order chi connectivity index (χ0) is 14.5. The van der Waals surface area contributed by atoms with E-state index in [0.29, 0.717) is 6.42 Å². The Morgan fingerprint density at radius 3 is 2.11 bits per heavy atom. The summed E-state index contributed by atoms with van der Waals surface area (Å²) < 4.78 is 0. The number of rotatable bonds is 5. The van der Waals surface area contributed by atoms with Crippen LogP contribution in [0.1, 0.15) is 53.0 Å². The molecular formula is C17H26N2. The lowest BCUT2D eigenvalue weighted by atomic mass is 9.86. The van der Waals surface area contributed by atoms with Gasteiger partial charge in [0.15, 0.2) is 0 Å².